The van der Waals surface area contributed by atoms with Crippen LogP contribution in [-0.4, -0.2) is 34.1 Å². The van der Waals surface area contributed by atoms with Crippen molar-refractivity contribution in [3.05, 3.63) is 34.7 Å². The van der Waals surface area contributed by atoms with Gasteiger partial charge in [-0.15, -0.1) is 0 Å². The molecular weight excluding hydrogens is 305 g/mol. The Bertz CT molecular complexity index is 766. The maximum Gasteiger partial charge on any atom is 0.225 e. The third-order valence-electron chi connectivity index (χ3n) is 3.93. The molecule has 0 aliphatic carbocycles. The van der Waals surface area contributed by atoms with Gasteiger partial charge >= 0.3 is 0 Å². The second kappa shape index (κ2) is 5.72. The zero-order chi connectivity index (χ0) is 15.9. The maximum absolute atomic E-state index is 14.7. The first kappa shape index (κ1) is 15.0. The number of amides is 1. The number of nitrogens with zero attached hydrogens (tertiary/aromatic N) is 2. The second-order valence-corrected chi connectivity index (χ2v) is 6.22. The second-order valence-electron chi connectivity index (χ2n) is 5.81. The fourth-order valence-corrected chi connectivity index (χ4v) is 3.02. The van der Waals surface area contributed by atoms with E-state index in [0.717, 1.165) is 5.57 Å². The van der Waals surface area contributed by atoms with E-state index >= 15 is 0 Å². The molecule has 4 nitrogen and oxygen atoms in total. The van der Waals surface area contributed by atoms with Gasteiger partial charge in [-0.2, -0.15) is 5.10 Å². The molecule has 1 aromatic carbocycles. The number of carbonyl (C=O) groups is 1. The number of aromatic nitrogens is 2. The summed E-state index contributed by atoms with van der Waals surface area (Å²) in [7, 11) is 0. The summed E-state index contributed by atoms with van der Waals surface area (Å²) in [5.74, 6) is -0.357. The summed E-state index contributed by atoms with van der Waals surface area (Å²) in [6.07, 6.45) is 4.20. The van der Waals surface area contributed by atoms with Gasteiger partial charge in [-0.05, 0) is 18.1 Å². The molecule has 2 aromatic rings. The summed E-state index contributed by atoms with van der Waals surface area (Å²) in [5.41, 5.74) is 1.52. The molecule has 0 unspecified atom stereocenters. The van der Waals surface area contributed by atoms with Crippen LogP contribution in [0.5, 0.6) is 0 Å². The van der Waals surface area contributed by atoms with Crippen LogP contribution in [0, 0.1) is 11.7 Å². The summed E-state index contributed by atoms with van der Waals surface area (Å²) in [6, 6.07) is 1.62. The van der Waals surface area contributed by atoms with Gasteiger partial charge < -0.3 is 4.90 Å². The highest BCUT2D eigenvalue weighted by Gasteiger charge is 2.24. The Kier molecular flexibility index (Phi) is 3.91. The maximum atomic E-state index is 14.7. The van der Waals surface area contributed by atoms with Crippen LogP contribution in [0.1, 0.15) is 25.8 Å². The smallest absolute Gasteiger partial charge is 0.225 e. The summed E-state index contributed by atoms with van der Waals surface area (Å²) in [5, 5.41) is 7.50. The zero-order valence-corrected chi connectivity index (χ0v) is 13.2. The molecule has 2 heterocycles. The van der Waals surface area contributed by atoms with Crippen LogP contribution in [0.2, 0.25) is 5.02 Å². The van der Waals surface area contributed by atoms with Crippen molar-refractivity contribution in [1.82, 2.24) is 15.1 Å². The molecule has 1 aliphatic heterocycles. The summed E-state index contributed by atoms with van der Waals surface area (Å²) in [6.45, 7) is 4.81. The summed E-state index contributed by atoms with van der Waals surface area (Å²) in [4.78, 5) is 13.9. The van der Waals surface area contributed by atoms with Crippen LogP contribution in [-0.2, 0) is 4.79 Å². The molecule has 0 fully saturated rings. The minimum atomic E-state index is -0.373. The van der Waals surface area contributed by atoms with Crippen molar-refractivity contribution in [1.29, 1.82) is 0 Å². The lowest BCUT2D eigenvalue weighted by Crippen LogP contribution is -2.38. The van der Waals surface area contributed by atoms with E-state index in [4.69, 9.17) is 11.6 Å². The van der Waals surface area contributed by atoms with E-state index in [1.54, 1.807) is 11.0 Å². The van der Waals surface area contributed by atoms with E-state index in [2.05, 4.69) is 10.2 Å². The highest BCUT2D eigenvalue weighted by atomic mass is 35.5. The molecule has 0 spiro atoms. The van der Waals surface area contributed by atoms with Crippen LogP contribution >= 0.6 is 11.6 Å². The molecule has 1 aliphatic rings. The summed E-state index contributed by atoms with van der Waals surface area (Å²) < 4.78 is 14.7. The minimum Gasteiger partial charge on any atom is -0.338 e. The minimum absolute atomic E-state index is 0.0668. The van der Waals surface area contributed by atoms with E-state index in [-0.39, 0.29) is 17.6 Å². The monoisotopic (exact) mass is 321 g/mol. The number of fused-ring (bicyclic) bond motifs is 1. The topological polar surface area (TPSA) is 49.0 Å². The number of aromatic amines is 1. The Hall–Kier alpha value is -1.88. The van der Waals surface area contributed by atoms with E-state index in [1.807, 2.05) is 19.9 Å². The van der Waals surface area contributed by atoms with Crippen molar-refractivity contribution in [2.45, 2.75) is 20.3 Å². The SMILES string of the molecule is CC(C)C(=O)N1CCC=C(c2cc(Cl)c3cn[nH]c3c2F)C1. The lowest BCUT2D eigenvalue weighted by Gasteiger charge is -2.29. The number of hydrogen-bond acceptors (Lipinski definition) is 2. The van der Waals surface area contributed by atoms with Crippen molar-refractivity contribution in [2.24, 2.45) is 5.92 Å². The van der Waals surface area contributed by atoms with Gasteiger partial charge in [-0.25, -0.2) is 4.39 Å². The van der Waals surface area contributed by atoms with Gasteiger partial charge in [0.2, 0.25) is 5.91 Å². The van der Waals surface area contributed by atoms with Crippen molar-refractivity contribution in [3.63, 3.8) is 0 Å². The fourth-order valence-electron chi connectivity index (χ4n) is 2.76. The van der Waals surface area contributed by atoms with Crippen LogP contribution < -0.4 is 0 Å². The van der Waals surface area contributed by atoms with Gasteiger partial charge in [-0.1, -0.05) is 31.5 Å². The lowest BCUT2D eigenvalue weighted by molar-refractivity contribution is -0.133. The van der Waals surface area contributed by atoms with E-state index in [0.29, 0.717) is 41.0 Å². The van der Waals surface area contributed by atoms with Gasteiger partial charge in [0, 0.05) is 30.0 Å². The van der Waals surface area contributed by atoms with Gasteiger partial charge in [-0.3, -0.25) is 9.89 Å². The van der Waals surface area contributed by atoms with Crippen LogP contribution in [0.3, 0.4) is 0 Å². The molecule has 0 saturated heterocycles. The Balaban J connectivity index is 1.99. The quantitative estimate of drug-likeness (QED) is 0.918. The lowest BCUT2D eigenvalue weighted by atomic mass is 9.98. The largest absolute Gasteiger partial charge is 0.338 e. The first-order valence-electron chi connectivity index (χ1n) is 7.28. The van der Waals surface area contributed by atoms with Crippen molar-refractivity contribution >= 4 is 34.0 Å². The Morgan fingerprint density at radius 3 is 3.00 bits per heavy atom. The highest BCUT2D eigenvalue weighted by Crippen LogP contribution is 2.32. The molecular formula is C16H17ClFN3O. The van der Waals surface area contributed by atoms with Crippen LogP contribution in [0.15, 0.2) is 18.3 Å². The molecule has 1 N–H and O–H groups in total. The van der Waals surface area contributed by atoms with E-state index in [1.165, 1.54) is 6.20 Å². The van der Waals surface area contributed by atoms with Crippen LogP contribution in [0.25, 0.3) is 16.5 Å². The van der Waals surface area contributed by atoms with Gasteiger partial charge in [0.05, 0.1) is 11.2 Å². The number of halogens is 2. The highest BCUT2D eigenvalue weighted by molar-refractivity contribution is 6.35. The predicted octanol–water partition coefficient (Wildman–Crippen LogP) is 3.63. The van der Waals surface area contributed by atoms with Gasteiger partial charge in [0.25, 0.3) is 0 Å². The van der Waals surface area contributed by atoms with Crippen molar-refractivity contribution in [3.8, 4) is 0 Å². The third kappa shape index (κ3) is 2.50. The first-order valence-corrected chi connectivity index (χ1v) is 7.66. The third-order valence-corrected chi connectivity index (χ3v) is 4.24. The molecule has 1 amide bonds. The van der Waals surface area contributed by atoms with E-state index in [9.17, 15) is 9.18 Å². The number of H-pyrrole nitrogens is 1. The predicted molar refractivity (Wildman–Crippen MR) is 85.1 cm³/mol. The Labute approximate surface area is 132 Å². The number of carbonyl (C=O) groups excluding carboxylic acids is 1. The first-order chi connectivity index (χ1) is 10.5. The average molecular weight is 322 g/mol. The van der Waals surface area contributed by atoms with Gasteiger partial charge in [0.15, 0.2) is 5.82 Å². The molecule has 116 valence electrons. The standard InChI is InChI=1S/C16H17ClFN3O/c1-9(2)16(22)21-5-3-4-10(8-21)11-6-13(17)12-7-19-20-15(12)14(11)18/h4,6-7,9H,3,5,8H2,1-2H3,(H,19,20). The molecule has 0 saturated carbocycles. The fraction of sp³-hybridized carbons (Fsp3) is 0.375. The molecule has 0 bridgehead atoms. The molecule has 0 radical (unpaired) electrons. The number of nitrogens with one attached hydrogen (secondary N) is 1. The Morgan fingerprint density at radius 2 is 2.27 bits per heavy atom. The number of benzene rings is 1. The molecule has 1 aromatic heterocycles. The normalized spacial score (nSPS) is 15.5. The van der Waals surface area contributed by atoms with Crippen molar-refractivity contribution < 1.29 is 9.18 Å². The molecule has 0 atom stereocenters. The summed E-state index contributed by atoms with van der Waals surface area (Å²) >= 11 is 6.21. The van der Waals surface area contributed by atoms with Crippen LogP contribution in [0.4, 0.5) is 4.39 Å². The Morgan fingerprint density at radius 1 is 1.50 bits per heavy atom. The van der Waals surface area contributed by atoms with Crippen molar-refractivity contribution in [2.75, 3.05) is 13.1 Å². The zero-order valence-electron chi connectivity index (χ0n) is 12.5. The number of hydrogen-bond donors (Lipinski definition) is 1. The van der Waals surface area contributed by atoms with E-state index < -0.39 is 0 Å². The molecule has 6 heteroatoms. The number of rotatable bonds is 2. The molecule has 22 heavy (non-hydrogen) atoms. The molecule has 3 rings (SSSR count). The average Bonchev–Trinajstić information content (AvgIpc) is 3.00. The van der Waals surface area contributed by atoms with Gasteiger partial charge in [0.1, 0.15) is 5.52 Å².